The summed E-state index contributed by atoms with van der Waals surface area (Å²) < 4.78 is 0. The van der Waals surface area contributed by atoms with E-state index in [1.165, 1.54) is 4.90 Å². The Morgan fingerprint density at radius 1 is 1.37 bits per heavy atom. The maximum absolute atomic E-state index is 11.6. The SMILES string of the molecule is Cc1cc(C)c(C(N)=O)c(N(C)C(C)(C)C(=O)O)n1. The number of carbonyl (C=O) groups excluding carboxylic acids is 1. The summed E-state index contributed by atoms with van der Waals surface area (Å²) in [5, 5.41) is 9.26. The Kier molecular flexibility index (Phi) is 3.83. The lowest BCUT2D eigenvalue weighted by Gasteiger charge is -2.34. The van der Waals surface area contributed by atoms with Gasteiger partial charge in [0.2, 0.25) is 0 Å². The van der Waals surface area contributed by atoms with Gasteiger partial charge in [-0.25, -0.2) is 9.78 Å². The number of pyridine rings is 1. The number of carbonyl (C=O) groups is 2. The Bertz CT molecular complexity index is 538. The number of anilines is 1. The van der Waals surface area contributed by atoms with E-state index in [9.17, 15) is 14.7 Å². The minimum Gasteiger partial charge on any atom is -0.480 e. The van der Waals surface area contributed by atoms with Crippen molar-refractivity contribution in [2.75, 3.05) is 11.9 Å². The lowest BCUT2D eigenvalue weighted by atomic mass is 10.0. The van der Waals surface area contributed by atoms with Crippen molar-refractivity contribution in [2.24, 2.45) is 5.73 Å². The number of carboxylic acids is 1. The van der Waals surface area contributed by atoms with Crippen molar-refractivity contribution in [1.29, 1.82) is 0 Å². The molecule has 0 atom stereocenters. The summed E-state index contributed by atoms with van der Waals surface area (Å²) in [6, 6.07) is 1.74. The molecule has 0 aliphatic rings. The van der Waals surface area contributed by atoms with Crippen molar-refractivity contribution in [1.82, 2.24) is 4.98 Å². The van der Waals surface area contributed by atoms with Crippen LogP contribution in [0.25, 0.3) is 0 Å². The molecule has 104 valence electrons. The zero-order valence-electron chi connectivity index (χ0n) is 11.8. The summed E-state index contributed by atoms with van der Waals surface area (Å²) in [5.41, 5.74) is 5.81. The van der Waals surface area contributed by atoms with Crippen LogP contribution in [0.4, 0.5) is 5.82 Å². The van der Waals surface area contributed by atoms with E-state index < -0.39 is 17.4 Å². The summed E-state index contributed by atoms with van der Waals surface area (Å²) in [7, 11) is 1.59. The third-order valence-corrected chi connectivity index (χ3v) is 3.25. The van der Waals surface area contributed by atoms with Crippen molar-refractivity contribution in [2.45, 2.75) is 33.2 Å². The first kappa shape index (κ1) is 14.9. The van der Waals surface area contributed by atoms with Crippen LogP contribution in [0.3, 0.4) is 0 Å². The predicted molar refractivity (Wildman–Crippen MR) is 72.3 cm³/mol. The predicted octanol–water partition coefficient (Wildman–Crippen LogP) is 1.10. The van der Waals surface area contributed by atoms with Crippen LogP contribution in [0.2, 0.25) is 0 Å². The highest BCUT2D eigenvalue weighted by atomic mass is 16.4. The highest BCUT2D eigenvalue weighted by Crippen LogP contribution is 2.27. The Balaban J connectivity index is 3.50. The molecular formula is C13H19N3O3. The van der Waals surface area contributed by atoms with Crippen LogP contribution in [0.15, 0.2) is 6.07 Å². The summed E-state index contributed by atoms with van der Waals surface area (Å²) in [6.07, 6.45) is 0. The van der Waals surface area contributed by atoms with Crippen molar-refractivity contribution in [3.05, 3.63) is 22.9 Å². The molecule has 0 aromatic carbocycles. The largest absolute Gasteiger partial charge is 0.480 e. The number of aromatic nitrogens is 1. The van der Waals surface area contributed by atoms with Gasteiger partial charge >= 0.3 is 5.97 Å². The number of aryl methyl sites for hydroxylation is 2. The number of primary amides is 1. The van der Waals surface area contributed by atoms with Gasteiger partial charge in [-0.05, 0) is 39.3 Å². The Hall–Kier alpha value is -2.11. The average Bonchev–Trinajstić information content (AvgIpc) is 2.25. The maximum atomic E-state index is 11.6. The van der Waals surface area contributed by atoms with Crippen LogP contribution >= 0.6 is 0 Å². The molecule has 0 aliphatic heterocycles. The summed E-state index contributed by atoms with van der Waals surface area (Å²) in [6.45, 7) is 6.61. The van der Waals surface area contributed by atoms with Crippen LogP contribution in [0.1, 0.15) is 35.5 Å². The van der Waals surface area contributed by atoms with Crippen LogP contribution in [-0.2, 0) is 4.79 Å². The molecule has 6 nitrogen and oxygen atoms in total. The first-order chi connectivity index (χ1) is 8.59. The Morgan fingerprint density at radius 2 is 1.89 bits per heavy atom. The highest BCUT2D eigenvalue weighted by molar-refractivity contribution is 6.00. The van der Waals surface area contributed by atoms with Crippen molar-refractivity contribution < 1.29 is 14.7 Å². The molecule has 0 bridgehead atoms. The number of carboxylic acid groups (broad SMARTS) is 1. The number of nitrogens with two attached hydrogens (primary N) is 1. The average molecular weight is 265 g/mol. The lowest BCUT2D eigenvalue weighted by Crippen LogP contribution is -2.49. The molecule has 1 aromatic heterocycles. The molecule has 1 heterocycles. The van der Waals surface area contributed by atoms with Crippen LogP contribution in [-0.4, -0.2) is 34.6 Å². The first-order valence-electron chi connectivity index (χ1n) is 5.84. The van der Waals surface area contributed by atoms with Gasteiger partial charge in [0.05, 0.1) is 5.56 Å². The molecule has 0 saturated heterocycles. The summed E-state index contributed by atoms with van der Waals surface area (Å²) in [5.74, 6) is -1.34. The number of rotatable bonds is 4. The van der Waals surface area contributed by atoms with Crippen molar-refractivity contribution >= 4 is 17.7 Å². The molecule has 19 heavy (non-hydrogen) atoms. The van der Waals surface area contributed by atoms with Gasteiger partial charge in [0.25, 0.3) is 5.91 Å². The number of aliphatic carboxylic acids is 1. The van der Waals surface area contributed by atoms with Gasteiger partial charge in [-0.3, -0.25) is 4.79 Å². The van der Waals surface area contributed by atoms with E-state index in [0.29, 0.717) is 11.3 Å². The number of likely N-dealkylation sites (N-methyl/N-ethyl adjacent to an activating group) is 1. The number of hydrogen-bond donors (Lipinski definition) is 2. The van der Waals surface area contributed by atoms with E-state index >= 15 is 0 Å². The van der Waals surface area contributed by atoms with Gasteiger partial charge in [0, 0.05) is 12.7 Å². The normalized spacial score (nSPS) is 11.2. The van der Waals surface area contributed by atoms with E-state index in [0.717, 1.165) is 0 Å². The van der Waals surface area contributed by atoms with Gasteiger partial charge in [-0.1, -0.05) is 0 Å². The highest BCUT2D eigenvalue weighted by Gasteiger charge is 2.35. The lowest BCUT2D eigenvalue weighted by molar-refractivity contribution is -0.142. The smallest absolute Gasteiger partial charge is 0.328 e. The van der Waals surface area contributed by atoms with Gasteiger partial charge < -0.3 is 15.7 Å². The second kappa shape index (κ2) is 4.87. The molecule has 0 spiro atoms. The number of hydrogen-bond acceptors (Lipinski definition) is 4. The molecule has 1 rings (SSSR count). The Labute approximate surface area is 112 Å². The van der Waals surface area contributed by atoms with E-state index in [1.807, 2.05) is 0 Å². The third-order valence-electron chi connectivity index (χ3n) is 3.25. The fraction of sp³-hybridized carbons (Fsp3) is 0.462. The van der Waals surface area contributed by atoms with Gasteiger partial charge in [0.15, 0.2) is 0 Å². The van der Waals surface area contributed by atoms with Crippen LogP contribution in [0, 0.1) is 13.8 Å². The molecular weight excluding hydrogens is 246 g/mol. The zero-order valence-corrected chi connectivity index (χ0v) is 11.8. The molecule has 1 aromatic rings. The van der Waals surface area contributed by atoms with Crippen molar-refractivity contribution in [3.8, 4) is 0 Å². The minimum absolute atomic E-state index is 0.252. The fourth-order valence-corrected chi connectivity index (χ4v) is 1.77. The molecule has 6 heteroatoms. The molecule has 0 aliphatic carbocycles. The standard InChI is InChI=1S/C13H19N3O3/c1-7-6-8(2)15-11(9(7)10(14)17)16(5)13(3,4)12(18)19/h6H,1-5H3,(H2,14,17)(H,18,19). The second-order valence-electron chi connectivity index (χ2n) is 5.07. The Morgan fingerprint density at radius 3 is 2.32 bits per heavy atom. The van der Waals surface area contributed by atoms with E-state index in [-0.39, 0.29) is 11.4 Å². The maximum Gasteiger partial charge on any atom is 0.328 e. The zero-order chi connectivity index (χ0) is 15.0. The molecule has 1 amide bonds. The van der Waals surface area contributed by atoms with E-state index in [4.69, 9.17) is 5.73 Å². The van der Waals surface area contributed by atoms with Gasteiger partial charge in [0.1, 0.15) is 11.4 Å². The summed E-state index contributed by atoms with van der Waals surface area (Å²) >= 11 is 0. The number of nitrogens with zero attached hydrogens (tertiary/aromatic N) is 2. The van der Waals surface area contributed by atoms with Gasteiger partial charge in [-0.15, -0.1) is 0 Å². The van der Waals surface area contributed by atoms with E-state index in [2.05, 4.69) is 4.98 Å². The number of amides is 1. The van der Waals surface area contributed by atoms with Crippen LogP contribution in [0.5, 0.6) is 0 Å². The molecule has 0 saturated carbocycles. The second-order valence-corrected chi connectivity index (χ2v) is 5.07. The van der Waals surface area contributed by atoms with Crippen LogP contribution < -0.4 is 10.6 Å². The fourth-order valence-electron chi connectivity index (χ4n) is 1.77. The monoisotopic (exact) mass is 265 g/mol. The molecule has 3 N–H and O–H groups in total. The van der Waals surface area contributed by atoms with E-state index in [1.54, 1.807) is 40.8 Å². The van der Waals surface area contributed by atoms with Crippen molar-refractivity contribution in [3.63, 3.8) is 0 Å². The summed E-state index contributed by atoms with van der Waals surface area (Å²) in [4.78, 5) is 28.6. The van der Waals surface area contributed by atoms with Gasteiger partial charge in [-0.2, -0.15) is 0 Å². The molecule has 0 radical (unpaired) electrons. The minimum atomic E-state index is -1.20. The topological polar surface area (TPSA) is 96.5 Å². The quantitative estimate of drug-likeness (QED) is 0.849. The molecule has 0 fully saturated rings. The molecule has 0 unspecified atom stereocenters. The first-order valence-corrected chi connectivity index (χ1v) is 5.84. The third kappa shape index (κ3) is 2.67.